The molecule has 0 spiro atoms. The minimum atomic E-state index is -0.305. The Morgan fingerprint density at radius 2 is 2.33 bits per heavy atom. The molecule has 0 saturated carbocycles. The summed E-state index contributed by atoms with van der Waals surface area (Å²) in [6.45, 7) is 4.38. The van der Waals surface area contributed by atoms with Gasteiger partial charge in [-0.1, -0.05) is 31.5 Å². The molecule has 1 unspecified atom stereocenters. The van der Waals surface area contributed by atoms with Crippen LogP contribution in [0.25, 0.3) is 0 Å². The first kappa shape index (κ1) is 13.2. The van der Waals surface area contributed by atoms with Crippen LogP contribution in [0, 0.1) is 0 Å². The standard InChI is InChI=1S/C15H21NO2/c1-3-5-12-6-4-7-13(10-12)15(17)14-11-16(2)8-9-18-14/h4,6-7,10,14H,3,5,8-9,11H2,1-2H3. The van der Waals surface area contributed by atoms with E-state index in [9.17, 15) is 4.79 Å². The van der Waals surface area contributed by atoms with Gasteiger partial charge in [0.05, 0.1) is 6.61 Å². The van der Waals surface area contributed by atoms with Crippen molar-refractivity contribution >= 4 is 5.78 Å². The molecule has 98 valence electrons. The third-order valence-corrected chi connectivity index (χ3v) is 3.31. The lowest BCUT2D eigenvalue weighted by molar-refractivity contribution is -0.00862. The maximum absolute atomic E-state index is 12.4. The second-order valence-corrected chi connectivity index (χ2v) is 4.94. The van der Waals surface area contributed by atoms with E-state index in [4.69, 9.17) is 4.74 Å². The molecule has 0 aliphatic carbocycles. The molecule has 3 nitrogen and oxygen atoms in total. The number of morpholine rings is 1. The van der Waals surface area contributed by atoms with Gasteiger partial charge < -0.3 is 9.64 Å². The van der Waals surface area contributed by atoms with Crippen LogP contribution in [-0.2, 0) is 11.2 Å². The van der Waals surface area contributed by atoms with Crippen molar-refractivity contribution in [1.29, 1.82) is 0 Å². The quantitative estimate of drug-likeness (QED) is 0.764. The molecule has 3 heteroatoms. The summed E-state index contributed by atoms with van der Waals surface area (Å²) in [5.41, 5.74) is 2.01. The van der Waals surface area contributed by atoms with Crippen LogP contribution in [0.15, 0.2) is 24.3 Å². The van der Waals surface area contributed by atoms with E-state index >= 15 is 0 Å². The Kier molecular flexibility index (Phi) is 4.50. The second kappa shape index (κ2) is 6.12. The average Bonchev–Trinajstić information content (AvgIpc) is 2.39. The highest BCUT2D eigenvalue weighted by molar-refractivity contribution is 5.99. The number of aryl methyl sites for hydroxylation is 1. The SMILES string of the molecule is CCCc1cccc(C(=O)C2CN(C)CCO2)c1. The Bertz CT molecular complexity index is 417. The van der Waals surface area contributed by atoms with E-state index in [1.165, 1.54) is 5.56 Å². The van der Waals surface area contributed by atoms with Gasteiger partial charge >= 0.3 is 0 Å². The van der Waals surface area contributed by atoms with E-state index in [-0.39, 0.29) is 11.9 Å². The van der Waals surface area contributed by atoms with E-state index in [0.717, 1.165) is 24.9 Å². The highest BCUT2D eigenvalue weighted by atomic mass is 16.5. The molecule has 0 radical (unpaired) electrons. The van der Waals surface area contributed by atoms with E-state index in [0.29, 0.717) is 13.2 Å². The zero-order chi connectivity index (χ0) is 13.0. The van der Waals surface area contributed by atoms with Crippen LogP contribution in [0.3, 0.4) is 0 Å². The van der Waals surface area contributed by atoms with Gasteiger partial charge in [-0.15, -0.1) is 0 Å². The van der Waals surface area contributed by atoms with E-state index in [1.807, 2.05) is 25.2 Å². The number of ketones is 1. The fourth-order valence-electron chi connectivity index (χ4n) is 2.29. The normalized spacial score (nSPS) is 20.9. The van der Waals surface area contributed by atoms with E-state index < -0.39 is 0 Å². The Hall–Kier alpha value is -1.19. The highest BCUT2D eigenvalue weighted by Crippen LogP contribution is 2.13. The molecule has 0 amide bonds. The zero-order valence-corrected chi connectivity index (χ0v) is 11.2. The topological polar surface area (TPSA) is 29.5 Å². The summed E-state index contributed by atoms with van der Waals surface area (Å²) < 4.78 is 5.57. The van der Waals surface area contributed by atoms with Crippen molar-refractivity contribution in [3.8, 4) is 0 Å². The molecule has 2 rings (SSSR count). The Balaban J connectivity index is 2.10. The van der Waals surface area contributed by atoms with E-state index in [2.05, 4.69) is 17.9 Å². The van der Waals surface area contributed by atoms with Gasteiger partial charge in [-0.25, -0.2) is 0 Å². The van der Waals surface area contributed by atoms with E-state index in [1.54, 1.807) is 0 Å². The van der Waals surface area contributed by atoms with Gasteiger partial charge in [0, 0.05) is 18.7 Å². The number of ether oxygens (including phenoxy) is 1. The van der Waals surface area contributed by atoms with Gasteiger partial charge in [0.1, 0.15) is 6.10 Å². The third kappa shape index (κ3) is 3.18. The van der Waals surface area contributed by atoms with Crippen LogP contribution in [0.2, 0.25) is 0 Å². The number of carbonyl (C=O) groups excluding carboxylic acids is 1. The summed E-state index contributed by atoms with van der Waals surface area (Å²) in [5.74, 6) is 0.111. The summed E-state index contributed by atoms with van der Waals surface area (Å²) in [5, 5.41) is 0. The molecular weight excluding hydrogens is 226 g/mol. The van der Waals surface area contributed by atoms with Crippen molar-refractivity contribution in [2.45, 2.75) is 25.9 Å². The third-order valence-electron chi connectivity index (χ3n) is 3.31. The molecule has 1 fully saturated rings. The molecular formula is C15H21NO2. The fourth-order valence-corrected chi connectivity index (χ4v) is 2.29. The summed E-state index contributed by atoms with van der Waals surface area (Å²) in [4.78, 5) is 14.5. The van der Waals surface area contributed by atoms with Crippen LogP contribution in [0.5, 0.6) is 0 Å². The maximum atomic E-state index is 12.4. The number of benzene rings is 1. The molecule has 1 heterocycles. The first-order valence-electron chi connectivity index (χ1n) is 6.64. The molecule has 1 aromatic carbocycles. The minimum Gasteiger partial charge on any atom is -0.367 e. The zero-order valence-electron chi connectivity index (χ0n) is 11.2. The molecule has 1 atom stereocenters. The first-order valence-corrected chi connectivity index (χ1v) is 6.64. The largest absolute Gasteiger partial charge is 0.367 e. The predicted octanol–water partition coefficient (Wildman–Crippen LogP) is 2.15. The van der Waals surface area contributed by atoms with Crippen LogP contribution >= 0.6 is 0 Å². The fraction of sp³-hybridized carbons (Fsp3) is 0.533. The number of likely N-dealkylation sites (N-methyl/N-ethyl adjacent to an activating group) is 1. The molecule has 1 aliphatic heterocycles. The summed E-state index contributed by atoms with van der Waals surface area (Å²) in [7, 11) is 2.02. The molecule has 1 saturated heterocycles. The van der Waals surface area contributed by atoms with Gasteiger partial charge in [0.25, 0.3) is 0 Å². The summed E-state index contributed by atoms with van der Waals surface area (Å²) >= 11 is 0. The van der Waals surface area contributed by atoms with Gasteiger partial charge in [0.2, 0.25) is 0 Å². The number of nitrogens with zero attached hydrogens (tertiary/aromatic N) is 1. The number of hydrogen-bond acceptors (Lipinski definition) is 3. The van der Waals surface area contributed by atoms with Gasteiger partial charge in [-0.3, -0.25) is 4.79 Å². The highest BCUT2D eigenvalue weighted by Gasteiger charge is 2.25. The Morgan fingerprint density at radius 1 is 1.50 bits per heavy atom. The lowest BCUT2D eigenvalue weighted by Crippen LogP contribution is -2.44. The first-order chi connectivity index (χ1) is 8.70. The molecule has 18 heavy (non-hydrogen) atoms. The number of carbonyl (C=O) groups is 1. The van der Waals surface area contributed by atoms with Crippen molar-refractivity contribution in [1.82, 2.24) is 4.90 Å². The van der Waals surface area contributed by atoms with Crippen LogP contribution in [0.1, 0.15) is 29.3 Å². The number of rotatable bonds is 4. The van der Waals surface area contributed by atoms with Crippen molar-refractivity contribution in [3.63, 3.8) is 0 Å². The number of Topliss-reactive ketones (excluding diaryl/α,β-unsaturated/α-hetero) is 1. The molecule has 0 N–H and O–H groups in total. The van der Waals surface area contributed by atoms with Crippen LogP contribution < -0.4 is 0 Å². The Labute approximate surface area is 109 Å². The molecule has 0 bridgehead atoms. The van der Waals surface area contributed by atoms with Gasteiger partial charge in [0.15, 0.2) is 5.78 Å². The van der Waals surface area contributed by atoms with Crippen LogP contribution in [0.4, 0.5) is 0 Å². The van der Waals surface area contributed by atoms with Gasteiger partial charge in [-0.05, 0) is 25.1 Å². The maximum Gasteiger partial charge on any atom is 0.192 e. The lowest BCUT2D eigenvalue weighted by atomic mass is 10.0. The molecule has 0 aromatic heterocycles. The monoisotopic (exact) mass is 247 g/mol. The van der Waals surface area contributed by atoms with Crippen molar-refractivity contribution in [2.24, 2.45) is 0 Å². The van der Waals surface area contributed by atoms with Gasteiger partial charge in [-0.2, -0.15) is 0 Å². The molecule has 1 aromatic rings. The minimum absolute atomic E-state index is 0.111. The second-order valence-electron chi connectivity index (χ2n) is 4.94. The van der Waals surface area contributed by atoms with Crippen molar-refractivity contribution < 1.29 is 9.53 Å². The number of hydrogen-bond donors (Lipinski definition) is 0. The molecule has 1 aliphatic rings. The summed E-state index contributed by atoms with van der Waals surface area (Å²) in [6, 6.07) is 7.93. The van der Waals surface area contributed by atoms with Crippen LogP contribution in [-0.4, -0.2) is 43.5 Å². The Morgan fingerprint density at radius 3 is 3.06 bits per heavy atom. The van der Waals surface area contributed by atoms with Crippen molar-refractivity contribution in [3.05, 3.63) is 35.4 Å². The van der Waals surface area contributed by atoms with Crippen molar-refractivity contribution in [2.75, 3.05) is 26.7 Å². The predicted molar refractivity (Wildman–Crippen MR) is 72.0 cm³/mol. The smallest absolute Gasteiger partial charge is 0.192 e. The average molecular weight is 247 g/mol. The lowest BCUT2D eigenvalue weighted by Gasteiger charge is -2.29. The summed E-state index contributed by atoms with van der Waals surface area (Å²) in [6.07, 6.45) is 1.81.